The molecule has 0 saturated heterocycles. The average Bonchev–Trinajstić information content (AvgIpc) is 2.93. The minimum atomic E-state index is -3.90. The number of rotatable bonds is 8. The lowest BCUT2D eigenvalue weighted by molar-refractivity contribution is -0.119. The van der Waals surface area contributed by atoms with Crippen molar-refractivity contribution in [2.75, 3.05) is 17.9 Å². The zero-order valence-electron chi connectivity index (χ0n) is 14.0. The first-order valence-corrected chi connectivity index (χ1v) is 9.71. The molecule has 140 valence electrons. The van der Waals surface area contributed by atoms with Crippen LogP contribution in [-0.2, 0) is 19.6 Å². The number of carbonyl (C=O) groups excluding carboxylic acids is 2. The Hall–Kier alpha value is -2.66. The molecule has 2 aromatic rings. The van der Waals surface area contributed by atoms with E-state index in [9.17, 15) is 18.0 Å². The van der Waals surface area contributed by atoms with Crippen molar-refractivity contribution in [1.82, 2.24) is 4.98 Å². The Morgan fingerprint density at radius 2 is 1.92 bits per heavy atom. The Morgan fingerprint density at radius 1 is 1.27 bits per heavy atom. The van der Waals surface area contributed by atoms with Crippen molar-refractivity contribution < 1.29 is 27.5 Å². The number of aryl methyl sites for hydroxylation is 1. The van der Waals surface area contributed by atoms with E-state index in [1.54, 1.807) is 13.8 Å². The van der Waals surface area contributed by atoms with Gasteiger partial charge in [-0.25, -0.2) is 18.2 Å². The maximum atomic E-state index is 12.4. The molecule has 11 heteroatoms. The quantitative estimate of drug-likeness (QED) is 0.638. The van der Waals surface area contributed by atoms with Crippen LogP contribution in [0.15, 0.2) is 29.2 Å². The number of carbonyl (C=O) groups is 2. The molecular weight excluding hydrogens is 382 g/mol. The van der Waals surface area contributed by atoms with Gasteiger partial charge in [-0.3, -0.25) is 9.52 Å². The second-order valence-electron chi connectivity index (χ2n) is 4.99. The van der Waals surface area contributed by atoms with Crippen molar-refractivity contribution in [3.8, 4) is 5.75 Å². The SMILES string of the molecule is CCOC(=O)c1sc(NS(=O)(=O)c2ccc(OCC(N)=O)cc2)nc1C. The zero-order chi connectivity index (χ0) is 19.3. The number of hydrogen-bond donors (Lipinski definition) is 2. The second-order valence-corrected chi connectivity index (χ2v) is 7.67. The van der Waals surface area contributed by atoms with Gasteiger partial charge in [0.05, 0.1) is 17.2 Å². The first-order chi connectivity index (χ1) is 12.2. The van der Waals surface area contributed by atoms with E-state index in [4.69, 9.17) is 15.2 Å². The number of nitrogens with zero attached hydrogens (tertiary/aromatic N) is 1. The van der Waals surface area contributed by atoms with Gasteiger partial charge in [0.1, 0.15) is 10.6 Å². The predicted molar refractivity (Wildman–Crippen MR) is 94.7 cm³/mol. The normalized spacial score (nSPS) is 11.0. The summed E-state index contributed by atoms with van der Waals surface area (Å²) in [5.74, 6) is -0.888. The summed E-state index contributed by atoms with van der Waals surface area (Å²) in [7, 11) is -3.90. The smallest absolute Gasteiger partial charge is 0.350 e. The maximum Gasteiger partial charge on any atom is 0.350 e. The highest BCUT2D eigenvalue weighted by atomic mass is 32.2. The summed E-state index contributed by atoms with van der Waals surface area (Å²) in [6, 6.07) is 5.42. The third-order valence-electron chi connectivity index (χ3n) is 2.99. The molecule has 1 heterocycles. The molecule has 2 rings (SSSR count). The molecule has 0 atom stereocenters. The number of nitrogens with one attached hydrogen (secondary N) is 1. The highest BCUT2D eigenvalue weighted by molar-refractivity contribution is 7.93. The molecular formula is C15H17N3O6S2. The number of anilines is 1. The second kappa shape index (κ2) is 8.15. The molecule has 0 aliphatic rings. The van der Waals surface area contributed by atoms with Crippen molar-refractivity contribution in [1.29, 1.82) is 0 Å². The minimum absolute atomic E-state index is 0.0329. The molecule has 3 N–H and O–H groups in total. The van der Waals surface area contributed by atoms with Crippen LogP contribution in [0.1, 0.15) is 22.3 Å². The zero-order valence-corrected chi connectivity index (χ0v) is 15.6. The lowest BCUT2D eigenvalue weighted by Crippen LogP contribution is -2.20. The van der Waals surface area contributed by atoms with E-state index < -0.39 is 21.9 Å². The average molecular weight is 399 g/mol. The molecule has 1 aromatic carbocycles. The van der Waals surface area contributed by atoms with Gasteiger partial charge in [0.2, 0.25) is 0 Å². The molecule has 0 aliphatic heterocycles. The van der Waals surface area contributed by atoms with Crippen LogP contribution in [0.3, 0.4) is 0 Å². The molecule has 0 fully saturated rings. The molecule has 0 radical (unpaired) electrons. The number of benzene rings is 1. The summed E-state index contributed by atoms with van der Waals surface area (Å²) < 4.78 is 37.1. The number of thiazole rings is 1. The largest absolute Gasteiger partial charge is 0.484 e. The number of amides is 1. The van der Waals surface area contributed by atoms with Gasteiger partial charge in [0.25, 0.3) is 15.9 Å². The van der Waals surface area contributed by atoms with Crippen LogP contribution < -0.4 is 15.2 Å². The molecule has 9 nitrogen and oxygen atoms in total. The third-order valence-corrected chi connectivity index (χ3v) is 5.53. The van der Waals surface area contributed by atoms with E-state index in [0.29, 0.717) is 11.4 Å². The lowest BCUT2D eigenvalue weighted by Gasteiger charge is -2.07. The Morgan fingerprint density at radius 3 is 2.50 bits per heavy atom. The number of sulfonamides is 1. The highest BCUT2D eigenvalue weighted by Crippen LogP contribution is 2.26. The van der Waals surface area contributed by atoms with Gasteiger partial charge in [-0.15, -0.1) is 0 Å². The van der Waals surface area contributed by atoms with Crippen molar-refractivity contribution in [3.05, 3.63) is 34.8 Å². The molecule has 0 saturated carbocycles. The standard InChI is InChI=1S/C15H17N3O6S2/c1-3-23-14(20)13-9(2)17-15(25-13)18-26(21,22)11-6-4-10(5-7-11)24-8-12(16)19/h4-7H,3,8H2,1-2H3,(H2,16,19)(H,17,18). The summed E-state index contributed by atoms with van der Waals surface area (Å²) in [5.41, 5.74) is 5.35. The van der Waals surface area contributed by atoms with Gasteiger partial charge in [0, 0.05) is 0 Å². The van der Waals surface area contributed by atoms with Gasteiger partial charge in [0.15, 0.2) is 11.7 Å². The fourth-order valence-corrected chi connectivity index (χ4v) is 3.96. The molecule has 0 bridgehead atoms. The number of nitrogens with two attached hydrogens (primary N) is 1. The van der Waals surface area contributed by atoms with Crippen LogP contribution >= 0.6 is 11.3 Å². The van der Waals surface area contributed by atoms with Crippen molar-refractivity contribution in [2.24, 2.45) is 5.73 Å². The number of ether oxygens (including phenoxy) is 2. The van der Waals surface area contributed by atoms with Crippen LogP contribution in [-0.4, -0.2) is 38.5 Å². The Labute approximate surface area is 154 Å². The van der Waals surface area contributed by atoms with Crippen molar-refractivity contribution >= 4 is 38.4 Å². The maximum absolute atomic E-state index is 12.4. The van der Waals surface area contributed by atoms with E-state index in [1.807, 2.05) is 0 Å². The Balaban J connectivity index is 2.14. The first-order valence-electron chi connectivity index (χ1n) is 7.41. The molecule has 26 heavy (non-hydrogen) atoms. The first kappa shape index (κ1) is 19.7. The summed E-state index contributed by atoms with van der Waals surface area (Å²) in [4.78, 5) is 26.7. The van der Waals surface area contributed by atoms with Gasteiger partial charge >= 0.3 is 5.97 Å². The van der Waals surface area contributed by atoms with Crippen LogP contribution in [0.2, 0.25) is 0 Å². The fourth-order valence-electron chi connectivity index (χ4n) is 1.87. The predicted octanol–water partition coefficient (Wildman–Crippen LogP) is 1.29. The molecule has 0 aliphatic carbocycles. The Kier molecular flexibility index (Phi) is 6.16. The van der Waals surface area contributed by atoms with E-state index >= 15 is 0 Å². The minimum Gasteiger partial charge on any atom is -0.484 e. The molecule has 0 spiro atoms. The number of aromatic nitrogens is 1. The van der Waals surface area contributed by atoms with Gasteiger partial charge < -0.3 is 15.2 Å². The van der Waals surface area contributed by atoms with Crippen LogP contribution in [0.4, 0.5) is 5.13 Å². The highest BCUT2D eigenvalue weighted by Gasteiger charge is 2.21. The van der Waals surface area contributed by atoms with E-state index in [0.717, 1.165) is 11.3 Å². The van der Waals surface area contributed by atoms with Gasteiger partial charge in [-0.05, 0) is 38.1 Å². The number of hydrogen-bond acceptors (Lipinski definition) is 8. The number of esters is 1. The van der Waals surface area contributed by atoms with Crippen LogP contribution in [0.5, 0.6) is 5.75 Å². The topological polar surface area (TPSA) is 138 Å². The van der Waals surface area contributed by atoms with Crippen LogP contribution in [0, 0.1) is 6.92 Å². The fraction of sp³-hybridized carbons (Fsp3) is 0.267. The summed E-state index contributed by atoms with van der Waals surface area (Å²) in [6.07, 6.45) is 0. The van der Waals surface area contributed by atoms with E-state index in [2.05, 4.69) is 9.71 Å². The Bertz CT molecular complexity index is 906. The van der Waals surface area contributed by atoms with E-state index in [1.165, 1.54) is 24.3 Å². The van der Waals surface area contributed by atoms with Crippen molar-refractivity contribution in [3.63, 3.8) is 0 Å². The lowest BCUT2D eigenvalue weighted by atomic mass is 10.3. The molecule has 0 unspecified atom stereocenters. The summed E-state index contributed by atoms with van der Waals surface area (Å²) >= 11 is 0.892. The van der Waals surface area contributed by atoms with Crippen molar-refractivity contribution in [2.45, 2.75) is 18.7 Å². The monoisotopic (exact) mass is 399 g/mol. The molecule has 1 aromatic heterocycles. The van der Waals surface area contributed by atoms with Crippen LogP contribution in [0.25, 0.3) is 0 Å². The van der Waals surface area contributed by atoms with E-state index in [-0.39, 0.29) is 28.1 Å². The molecule has 1 amide bonds. The number of primary amides is 1. The van der Waals surface area contributed by atoms with Gasteiger partial charge in [-0.2, -0.15) is 0 Å². The van der Waals surface area contributed by atoms with Gasteiger partial charge in [-0.1, -0.05) is 11.3 Å². The summed E-state index contributed by atoms with van der Waals surface area (Å²) in [5, 5.41) is 0.0552. The third kappa shape index (κ3) is 4.92. The summed E-state index contributed by atoms with van der Waals surface area (Å²) in [6.45, 7) is 3.17.